The maximum absolute atomic E-state index is 15.3. The third-order valence-corrected chi connectivity index (χ3v) is 13.9. The molecule has 418 valence electrons. The molecule has 0 aliphatic rings. The number of hydrogen-bond acceptors (Lipinski definition) is 10. The fraction of sp³-hybridized carbons (Fsp3) is 0.242. The van der Waals surface area contributed by atoms with Crippen LogP contribution in [0, 0.1) is 11.8 Å². The zero-order chi connectivity index (χ0) is 58.3. The molecule has 8 rings (SSSR count). The van der Waals surface area contributed by atoms with Crippen molar-refractivity contribution in [3.63, 3.8) is 0 Å². The van der Waals surface area contributed by atoms with Crippen LogP contribution < -0.4 is 26.6 Å². The van der Waals surface area contributed by atoms with Crippen LogP contribution in [0.1, 0.15) is 85.3 Å². The van der Waals surface area contributed by atoms with E-state index in [1.165, 1.54) is 0 Å². The van der Waals surface area contributed by atoms with E-state index >= 15 is 4.79 Å². The van der Waals surface area contributed by atoms with E-state index in [9.17, 15) is 33.6 Å². The number of hydrogen-bond donors (Lipinski definition) is 5. The molecule has 0 saturated carbocycles. The van der Waals surface area contributed by atoms with Gasteiger partial charge in [0.25, 0.3) is 11.8 Å². The summed E-state index contributed by atoms with van der Waals surface area (Å²) in [6.45, 7) is 7.07. The van der Waals surface area contributed by atoms with Crippen molar-refractivity contribution in [1.29, 1.82) is 0 Å². The number of Topliss-reactive ketones (excluding diaryl/α,β-unsaturated/α-hetero) is 2. The molecule has 0 bridgehead atoms. The number of benzene rings is 6. The Hall–Kier alpha value is -9.70. The number of rotatable bonds is 24. The number of pyridine rings is 2. The molecule has 2 heterocycles. The lowest BCUT2D eigenvalue weighted by atomic mass is 9.96. The zero-order valence-electron chi connectivity index (χ0n) is 46.4. The number of fused-ring (bicyclic) bond motifs is 2. The monoisotopic (exact) mass is 1100 g/mol. The van der Waals surface area contributed by atoms with Crippen LogP contribution in [0.4, 0.5) is 0 Å². The maximum Gasteiger partial charge on any atom is 0.252 e. The summed E-state index contributed by atoms with van der Waals surface area (Å²) in [6, 6.07) is 46.1. The second kappa shape index (κ2) is 27.4. The van der Waals surface area contributed by atoms with Gasteiger partial charge in [0.1, 0.15) is 18.1 Å². The number of carbonyl (C=O) groups is 8. The van der Waals surface area contributed by atoms with Gasteiger partial charge in [-0.05, 0) is 106 Å². The van der Waals surface area contributed by atoms with Crippen molar-refractivity contribution in [1.82, 2.24) is 41.5 Å². The fourth-order valence-electron chi connectivity index (χ4n) is 9.84. The molecule has 16 heteroatoms. The lowest BCUT2D eigenvalue weighted by Gasteiger charge is -2.33. The second-order valence-electron chi connectivity index (χ2n) is 21.0. The Morgan fingerprint density at radius 2 is 0.988 bits per heavy atom. The van der Waals surface area contributed by atoms with Gasteiger partial charge in [-0.1, -0.05) is 149 Å². The van der Waals surface area contributed by atoms with Gasteiger partial charge in [0, 0.05) is 41.6 Å². The van der Waals surface area contributed by atoms with Crippen LogP contribution in [0.5, 0.6) is 0 Å². The van der Waals surface area contributed by atoms with E-state index in [1.807, 2.05) is 100 Å². The minimum Gasteiger partial charge on any atom is -0.349 e. The molecule has 4 atom stereocenters. The molecule has 82 heavy (non-hydrogen) atoms. The van der Waals surface area contributed by atoms with E-state index in [4.69, 9.17) is 0 Å². The Morgan fingerprint density at radius 1 is 0.500 bits per heavy atom. The van der Waals surface area contributed by atoms with Crippen LogP contribution in [0.25, 0.3) is 44.1 Å². The smallest absolute Gasteiger partial charge is 0.252 e. The molecule has 5 N–H and O–H groups in total. The van der Waals surface area contributed by atoms with E-state index < -0.39 is 84.4 Å². The van der Waals surface area contributed by atoms with Crippen molar-refractivity contribution in [3.05, 3.63) is 205 Å². The molecule has 0 aliphatic heterocycles. The van der Waals surface area contributed by atoms with Crippen LogP contribution >= 0.6 is 0 Å². The SMILES string of the molecule is CC(=O)N(CC(=O)C(NC(=O)[C@H](CC(C)C)NC(=O)c1cccc2ccccc12)c1cccc(-c2ccccn2)c1)C(NC(=O)[C@H](CC(C)C)NC(=O)c1cccc2ccccc12)C(=O)CNC(=O)Cc1cccc(-c2ccccn2)c1. The predicted molar refractivity (Wildman–Crippen MR) is 316 cm³/mol. The van der Waals surface area contributed by atoms with Gasteiger partial charge in [-0.25, -0.2) is 0 Å². The number of carbonyl (C=O) groups excluding carboxylic acids is 8. The summed E-state index contributed by atoms with van der Waals surface area (Å²) in [7, 11) is 0. The Balaban J connectivity index is 1.11. The summed E-state index contributed by atoms with van der Waals surface area (Å²) in [5.41, 5.74) is 4.19. The summed E-state index contributed by atoms with van der Waals surface area (Å²) in [5, 5.41) is 16.9. The van der Waals surface area contributed by atoms with E-state index in [2.05, 4.69) is 36.6 Å². The second-order valence-corrected chi connectivity index (χ2v) is 21.0. The molecule has 6 aromatic carbocycles. The van der Waals surface area contributed by atoms with Crippen molar-refractivity contribution in [2.75, 3.05) is 13.1 Å². The predicted octanol–water partition coefficient (Wildman–Crippen LogP) is 8.75. The number of nitrogens with zero attached hydrogens (tertiary/aromatic N) is 3. The molecule has 2 aromatic heterocycles. The van der Waals surface area contributed by atoms with Crippen LogP contribution in [0.15, 0.2) is 182 Å². The third kappa shape index (κ3) is 15.1. The lowest BCUT2D eigenvalue weighted by Crippen LogP contribution is -2.61. The van der Waals surface area contributed by atoms with Gasteiger partial charge in [-0.15, -0.1) is 0 Å². The number of amides is 6. The van der Waals surface area contributed by atoms with Gasteiger partial charge in [-0.2, -0.15) is 0 Å². The van der Waals surface area contributed by atoms with Gasteiger partial charge in [0.15, 0.2) is 17.7 Å². The number of nitrogens with one attached hydrogen (secondary N) is 5. The Labute approximate surface area is 476 Å². The third-order valence-electron chi connectivity index (χ3n) is 13.9. The van der Waals surface area contributed by atoms with Crippen LogP contribution in [0.3, 0.4) is 0 Å². The highest BCUT2D eigenvalue weighted by atomic mass is 16.2. The lowest BCUT2D eigenvalue weighted by molar-refractivity contribution is -0.145. The summed E-state index contributed by atoms with van der Waals surface area (Å²) in [5.74, 6) is -5.92. The summed E-state index contributed by atoms with van der Waals surface area (Å²) in [4.78, 5) is 125. The standard InChI is InChI=1S/C66H66N8O8/c1-41(2)34-56(70-63(79)52-28-16-21-45-19-6-8-26-50(45)52)65(81)72-61(49-25-15-24-48(38-49)55-31-11-13-33-68-55)59(77)40-74(43(5)75)62(58(76)39-69-60(78)37-44-18-14-23-47(36-44)54-30-10-12-32-67-54)73-66(82)57(35-42(3)4)71-64(80)53-29-17-22-46-20-7-9-27-51(46)53/h6-33,36,38,41-42,56-57,61-62H,34-35,37,39-40H2,1-5H3,(H,69,78)(H,70,79)(H,71,80)(H,72,81)(H,73,82)/t56-,57-,61?,62?/m0/s1. The van der Waals surface area contributed by atoms with E-state index in [1.54, 1.807) is 109 Å². The first-order valence-corrected chi connectivity index (χ1v) is 27.3. The highest BCUT2D eigenvalue weighted by Gasteiger charge is 2.37. The van der Waals surface area contributed by atoms with Gasteiger partial charge >= 0.3 is 0 Å². The van der Waals surface area contributed by atoms with Gasteiger partial charge < -0.3 is 31.5 Å². The summed E-state index contributed by atoms with van der Waals surface area (Å²) >= 11 is 0. The highest BCUT2D eigenvalue weighted by Crippen LogP contribution is 2.26. The molecule has 16 nitrogen and oxygen atoms in total. The highest BCUT2D eigenvalue weighted by molar-refractivity contribution is 6.10. The molecular weight excluding hydrogens is 1030 g/mol. The Bertz CT molecular complexity index is 3620. The molecule has 0 radical (unpaired) electrons. The van der Waals surface area contributed by atoms with E-state index in [-0.39, 0.29) is 36.7 Å². The van der Waals surface area contributed by atoms with Crippen LogP contribution in [-0.2, 0) is 35.2 Å². The first kappa shape index (κ1) is 58.4. The first-order chi connectivity index (χ1) is 39.5. The van der Waals surface area contributed by atoms with Crippen molar-refractivity contribution >= 4 is 68.6 Å². The molecular formula is C66H66N8O8. The molecule has 0 saturated heterocycles. The molecule has 0 fully saturated rings. The van der Waals surface area contributed by atoms with Gasteiger partial charge in [0.05, 0.1) is 30.9 Å². The number of aromatic nitrogens is 2. The average Bonchev–Trinajstić information content (AvgIpc) is 3.66. The van der Waals surface area contributed by atoms with E-state index in [0.717, 1.165) is 28.2 Å². The molecule has 2 unspecified atom stereocenters. The summed E-state index contributed by atoms with van der Waals surface area (Å²) < 4.78 is 0. The topological polar surface area (TPSA) is 226 Å². The zero-order valence-corrected chi connectivity index (χ0v) is 46.4. The normalized spacial score (nSPS) is 12.6. The Kier molecular flexibility index (Phi) is 19.6. The van der Waals surface area contributed by atoms with Crippen molar-refractivity contribution in [3.8, 4) is 22.5 Å². The molecule has 8 aromatic rings. The molecule has 6 amide bonds. The average molecular weight is 1100 g/mol. The van der Waals surface area contributed by atoms with Crippen molar-refractivity contribution < 1.29 is 38.4 Å². The van der Waals surface area contributed by atoms with Crippen LogP contribution in [0.2, 0.25) is 0 Å². The maximum atomic E-state index is 15.3. The Morgan fingerprint density at radius 3 is 1.51 bits per heavy atom. The quantitative estimate of drug-likeness (QED) is 0.0362. The number of ketones is 2. The van der Waals surface area contributed by atoms with Crippen molar-refractivity contribution in [2.24, 2.45) is 11.8 Å². The van der Waals surface area contributed by atoms with Gasteiger partial charge in [0.2, 0.25) is 23.6 Å². The summed E-state index contributed by atoms with van der Waals surface area (Å²) in [6.07, 6.45) is 1.52. The minimum atomic E-state index is -1.89. The van der Waals surface area contributed by atoms with Crippen molar-refractivity contribution in [2.45, 2.75) is 78.2 Å². The van der Waals surface area contributed by atoms with Crippen LogP contribution in [-0.4, -0.2) is 93.2 Å². The minimum absolute atomic E-state index is 0.103. The fourth-order valence-corrected chi connectivity index (χ4v) is 9.84. The molecule has 0 spiro atoms. The van der Waals surface area contributed by atoms with Gasteiger partial charge in [-0.3, -0.25) is 48.3 Å². The molecule has 0 aliphatic carbocycles. The largest absolute Gasteiger partial charge is 0.349 e. The first-order valence-electron chi connectivity index (χ1n) is 27.3. The van der Waals surface area contributed by atoms with E-state index in [0.29, 0.717) is 44.4 Å².